The Hall–Kier alpha value is -5.48. The molecule has 0 fully saturated rings. The second-order valence-electron chi connectivity index (χ2n) is 8.63. The highest BCUT2D eigenvalue weighted by Crippen LogP contribution is 2.29. The number of benzene rings is 4. The van der Waals surface area contributed by atoms with Gasteiger partial charge in [-0.2, -0.15) is 5.10 Å². The summed E-state index contributed by atoms with van der Waals surface area (Å²) in [5, 5.41) is 7.08. The molecule has 212 valence electrons. The van der Waals surface area contributed by atoms with Gasteiger partial charge in [0.25, 0.3) is 11.8 Å². The van der Waals surface area contributed by atoms with Crippen molar-refractivity contribution >= 4 is 47.3 Å². The number of amides is 2. The van der Waals surface area contributed by atoms with E-state index in [1.807, 2.05) is 6.07 Å². The summed E-state index contributed by atoms with van der Waals surface area (Å²) in [6.45, 7) is 1.25. The third-order valence-corrected chi connectivity index (χ3v) is 5.87. The van der Waals surface area contributed by atoms with Crippen LogP contribution in [0, 0.1) is 0 Å². The van der Waals surface area contributed by atoms with Crippen LogP contribution in [0.5, 0.6) is 17.2 Å². The van der Waals surface area contributed by atoms with Crippen molar-refractivity contribution in [3.8, 4) is 17.2 Å². The van der Waals surface area contributed by atoms with E-state index >= 15 is 0 Å². The second kappa shape index (κ2) is 13.7. The van der Waals surface area contributed by atoms with Crippen LogP contribution in [0.1, 0.15) is 43.6 Å². The first-order valence-corrected chi connectivity index (χ1v) is 12.8. The lowest BCUT2D eigenvalue weighted by molar-refractivity contribution is -0.132. The van der Waals surface area contributed by atoms with E-state index in [0.29, 0.717) is 27.4 Å². The zero-order valence-electron chi connectivity index (χ0n) is 22.4. The third kappa shape index (κ3) is 7.80. The van der Waals surface area contributed by atoms with Gasteiger partial charge in [0.15, 0.2) is 11.5 Å². The number of halogens is 1. The van der Waals surface area contributed by atoms with Crippen LogP contribution in [0.3, 0.4) is 0 Å². The maximum atomic E-state index is 12.8. The first-order chi connectivity index (χ1) is 20.2. The van der Waals surface area contributed by atoms with E-state index in [1.54, 1.807) is 48.5 Å². The number of esters is 2. The number of anilines is 1. The molecule has 0 spiro atoms. The minimum atomic E-state index is -0.719. The smallest absolute Gasteiger partial charge is 0.343 e. The SMILES string of the molecule is COc1cc(C(=O)Oc2ccc(Cl)cc2/C=N/NC(=O)c2ccc(NC(=O)c3ccccc3)cc2)ccc1OC(C)=O. The molecule has 11 heteroatoms. The fourth-order valence-corrected chi connectivity index (χ4v) is 3.81. The van der Waals surface area contributed by atoms with Gasteiger partial charge in [0.2, 0.25) is 0 Å². The topological polar surface area (TPSA) is 132 Å². The molecule has 0 unspecified atom stereocenters. The zero-order valence-corrected chi connectivity index (χ0v) is 23.2. The van der Waals surface area contributed by atoms with Crippen LogP contribution in [-0.4, -0.2) is 37.1 Å². The molecule has 0 aliphatic carbocycles. The molecule has 4 aromatic carbocycles. The largest absolute Gasteiger partial charge is 0.493 e. The zero-order chi connectivity index (χ0) is 30.1. The summed E-state index contributed by atoms with van der Waals surface area (Å²) in [5.74, 6) is -1.58. The predicted octanol–water partition coefficient (Wildman–Crippen LogP) is 5.51. The Bertz CT molecular complexity index is 1660. The van der Waals surface area contributed by atoms with E-state index in [4.69, 9.17) is 25.8 Å². The van der Waals surface area contributed by atoms with Crippen LogP contribution >= 0.6 is 11.6 Å². The number of methoxy groups -OCH3 is 1. The maximum absolute atomic E-state index is 12.8. The maximum Gasteiger partial charge on any atom is 0.343 e. The molecule has 10 nitrogen and oxygen atoms in total. The molecule has 0 aliphatic heterocycles. The molecular weight excluding hydrogens is 562 g/mol. The normalized spacial score (nSPS) is 10.5. The summed E-state index contributed by atoms with van der Waals surface area (Å²) in [6.07, 6.45) is 1.28. The molecule has 0 saturated heterocycles. The van der Waals surface area contributed by atoms with Crippen LogP contribution in [-0.2, 0) is 4.79 Å². The number of hydrogen-bond acceptors (Lipinski definition) is 8. The Kier molecular flexibility index (Phi) is 9.65. The molecule has 42 heavy (non-hydrogen) atoms. The first kappa shape index (κ1) is 29.5. The highest BCUT2D eigenvalue weighted by Gasteiger charge is 2.16. The number of ether oxygens (including phenoxy) is 3. The summed E-state index contributed by atoms with van der Waals surface area (Å²) in [5.41, 5.74) is 4.19. The average molecular weight is 586 g/mol. The van der Waals surface area contributed by atoms with Gasteiger partial charge in [-0.25, -0.2) is 10.2 Å². The van der Waals surface area contributed by atoms with Gasteiger partial charge in [-0.05, 0) is 72.8 Å². The van der Waals surface area contributed by atoms with Gasteiger partial charge in [-0.3, -0.25) is 14.4 Å². The van der Waals surface area contributed by atoms with E-state index in [0.717, 1.165) is 0 Å². The Morgan fingerprint density at radius 3 is 2.10 bits per heavy atom. The van der Waals surface area contributed by atoms with E-state index in [-0.39, 0.29) is 28.7 Å². The monoisotopic (exact) mass is 585 g/mol. The van der Waals surface area contributed by atoms with Crippen molar-refractivity contribution in [3.63, 3.8) is 0 Å². The van der Waals surface area contributed by atoms with Crippen LogP contribution < -0.4 is 25.0 Å². The Balaban J connectivity index is 1.40. The Morgan fingerprint density at radius 1 is 0.738 bits per heavy atom. The number of nitrogens with zero attached hydrogens (tertiary/aromatic N) is 1. The summed E-state index contributed by atoms with van der Waals surface area (Å²) in [4.78, 5) is 49.0. The van der Waals surface area contributed by atoms with Crippen LogP contribution in [0.15, 0.2) is 96.1 Å². The van der Waals surface area contributed by atoms with Gasteiger partial charge < -0.3 is 19.5 Å². The molecule has 2 N–H and O–H groups in total. The van der Waals surface area contributed by atoms with E-state index in [1.165, 1.54) is 56.6 Å². The van der Waals surface area contributed by atoms with Crippen molar-refractivity contribution in [1.29, 1.82) is 0 Å². The minimum absolute atomic E-state index is 0.129. The number of carbonyl (C=O) groups is 4. The lowest BCUT2D eigenvalue weighted by atomic mass is 10.1. The van der Waals surface area contributed by atoms with Crippen molar-refractivity contribution in [2.75, 3.05) is 12.4 Å². The molecule has 4 aromatic rings. The molecule has 2 amide bonds. The van der Waals surface area contributed by atoms with Crippen LogP contribution in [0.25, 0.3) is 0 Å². The molecule has 0 heterocycles. The van der Waals surface area contributed by atoms with Gasteiger partial charge in [0.05, 0.1) is 18.9 Å². The lowest BCUT2D eigenvalue weighted by Gasteiger charge is -2.11. The number of rotatable bonds is 9. The molecule has 0 atom stereocenters. The molecule has 0 bridgehead atoms. The molecule has 0 aromatic heterocycles. The van der Waals surface area contributed by atoms with Gasteiger partial charge in [0, 0.05) is 34.3 Å². The summed E-state index contributed by atoms with van der Waals surface area (Å²) >= 11 is 6.12. The second-order valence-corrected chi connectivity index (χ2v) is 9.06. The van der Waals surface area contributed by atoms with E-state index < -0.39 is 17.8 Å². The molecule has 0 radical (unpaired) electrons. The highest BCUT2D eigenvalue weighted by atomic mass is 35.5. The number of hydrogen-bond donors (Lipinski definition) is 2. The predicted molar refractivity (Wildman–Crippen MR) is 157 cm³/mol. The minimum Gasteiger partial charge on any atom is -0.493 e. The fourth-order valence-electron chi connectivity index (χ4n) is 3.63. The van der Waals surface area contributed by atoms with E-state index in [2.05, 4.69) is 15.8 Å². The van der Waals surface area contributed by atoms with Crippen LogP contribution in [0.2, 0.25) is 5.02 Å². The number of nitrogens with one attached hydrogen (secondary N) is 2. The highest BCUT2D eigenvalue weighted by molar-refractivity contribution is 6.31. The van der Waals surface area contributed by atoms with Crippen LogP contribution in [0.4, 0.5) is 5.69 Å². The Morgan fingerprint density at radius 2 is 1.40 bits per heavy atom. The quantitative estimate of drug-likeness (QED) is 0.115. The van der Waals surface area contributed by atoms with Gasteiger partial charge in [-0.1, -0.05) is 29.8 Å². The van der Waals surface area contributed by atoms with Gasteiger partial charge in [-0.15, -0.1) is 0 Å². The molecule has 0 saturated carbocycles. The van der Waals surface area contributed by atoms with Gasteiger partial charge in [0.1, 0.15) is 5.75 Å². The first-order valence-electron chi connectivity index (χ1n) is 12.4. The summed E-state index contributed by atoms with van der Waals surface area (Å²) < 4.78 is 15.8. The molecule has 4 rings (SSSR count). The third-order valence-electron chi connectivity index (χ3n) is 5.64. The van der Waals surface area contributed by atoms with Crippen molar-refractivity contribution in [2.24, 2.45) is 5.10 Å². The lowest BCUT2D eigenvalue weighted by Crippen LogP contribution is -2.18. The Labute approximate surface area is 245 Å². The summed E-state index contributed by atoms with van der Waals surface area (Å²) in [7, 11) is 1.37. The van der Waals surface area contributed by atoms with Crippen molar-refractivity contribution < 1.29 is 33.4 Å². The number of carbonyl (C=O) groups excluding carboxylic acids is 4. The van der Waals surface area contributed by atoms with E-state index in [9.17, 15) is 19.2 Å². The fraction of sp³-hybridized carbons (Fsp3) is 0.0645. The van der Waals surface area contributed by atoms with Crippen molar-refractivity contribution in [1.82, 2.24) is 5.43 Å². The van der Waals surface area contributed by atoms with Gasteiger partial charge >= 0.3 is 11.9 Å². The summed E-state index contributed by atoms with van der Waals surface area (Å²) in [6, 6.07) is 23.8. The molecular formula is C31H24ClN3O7. The standard InChI is InChI=1S/C31H24ClN3O7/c1-19(36)41-27-14-10-22(17-28(27)40-2)31(39)42-26-15-11-24(32)16-23(26)18-33-35-30(38)21-8-12-25(13-9-21)34-29(37)20-6-4-3-5-7-20/h3-18H,1-2H3,(H,34,37)(H,35,38)/b33-18+. The number of hydrazone groups is 1. The molecule has 0 aliphatic rings. The average Bonchev–Trinajstić information content (AvgIpc) is 2.99. The van der Waals surface area contributed by atoms with Crippen molar-refractivity contribution in [3.05, 3.63) is 118 Å². The van der Waals surface area contributed by atoms with Crippen molar-refractivity contribution in [2.45, 2.75) is 6.92 Å².